The molecule has 0 amide bonds. The molecular weight excluding hydrogens is 296 g/mol. The molecule has 0 aliphatic rings. The molecule has 0 heterocycles. The van der Waals surface area contributed by atoms with Gasteiger partial charge in [-0.3, -0.25) is 9.59 Å². The molecule has 0 aromatic carbocycles. The molecule has 0 fully saturated rings. The Morgan fingerprint density at radius 2 is 0.955 bits per heavy atom. The van der Waals surface area contributed by atoms with E-state index in [0.717, 1.165) is 37.2 Å². The number of hydrogen-bond acceptors (Lipinski definition) is 8. The van der Waals surface area contributed by atoms with Gasteiger partial charge in [0.15, 0.2) is 0 Å². The van der Waals surface area contributed by atoms with Crippen LogP contribution in [0.15, 0.2) is 50.4 Å². The van der Waals surface area contributed by atoms with Crippen molar-refractivity contribution in [2.75, 3.05) is 0 Å². The number of ether oxygens (including phenoxy) is 4. The van der Waals surface area contributed by atoms with Gasteiger partial charge in [0, 0.05) is 12.2 Å². The number of hydrogen-bond donors (Lipinski definition) is 0. The van der Waals surface area contributed by atoms with E-state index in [4.69, 9.17) is 0 Å². The first-order valence-corrected chi connectivity index (χ1v) is 5.84. The quantitative estimate of drug-likeness (QED) is 0.271. The molecular formula is C14H14O8. The van der Waals surface area contributed by atoms with E-state index in [2.05, 4.69) is 32.1 Å². The van der Waals surface area contributed by atoms with Crippen molar-refractivity contribution in [1.29, 1.82) is 0 Å². The van der Waals surface area contributed by atoms with E-state index in [1.165, 1.54) is 0 Å². The Kier molecular flexibility index (Phi) is 9.98. The normalized spacial score (nSPS) is 10.0. The molecule has 0 saturated carbocycles. The van der Waals surface area contributed by atoms with Gasteiger partial charge in [0.2, 0.25) is 0 Å². The van der Waals surface area contributed by atoms with Crippen LogP contribution in [0.3, 0.4) is 0 Å². The van der Waals surface area contributed by atoms with Crippen LogP contribution in [-0.2, 0) is 38.1 Å². The molecule has 8 heteroatoms. The fraction of sp³-hybridized carbons (Fsp3) is 0.143. The van der Waals surface area contributed by atoms with Crippen LogP contribution < -0.4 is 0 Å². The Morgan fingerprint density at radius 1 is 0.636 bits per heavy atom. The third kappa shape index (κ3) is 10.7. The van der Waals surface area contributed by atoms with Gasteiger partial charge in [-0.1, -0.05) is 13.2 Å². The number of rotatable bonds is 9. The van der Waals surface area contributed by atoms with Crippen LogP contribution in [0, 0.1) is 0 Å². The van der Waals surface area contributed by atoms with Crippen molar-refractivity contribution in [2.24, 2.45) is 0 Å². The van der Waals surface area contributed by atoms with Crippen molar-refractivity contribution in [3.05, 3.63) is 50.4 Å². The van der Waals surface area contributed by atoms with E-state index < -0.39 is 23.9 Å². The Morgan fingerprint density at radius 3 is 1.27 bits per heavy atom. The lowest BCUT2D eigenvalue weighted by Gasteiger charge is -1.99. The smallest absolute Gasteiger partial charge is 0.335 e. The van der Waals surface area contributed by atoms with Gasteiger partial charge in [-0.25, -0.2) is 9.59 Å². The third-order valence-corrected chi connectivity index (χ3v) is 1.75. The summed E-state index contributed by atoms with van der Waals surface area (Å²) in [5, 5.41) is 0. The van der Waals surface area contributed by atoms with Gasteiger partial charge in [-0.05, 0) is 0 Å². The first kappa shape index (κ1) is 18.8. The minimum Gasteiger partial charge on any atom is -0.431 e. The first-order valence-electron chi connectivity index (χ1n) is 5.84. The van der Waals surface area contributed by atoms with E-state index in [0.29, 0.717) is 0 Å². The number of carbonyl (C=O) groups is 4. The zero-order chi connectivity index (χ0) is 16.8. The SMILES string of the molecule is C=CC(=O)OC=COC(=O)CCC(=O)OC=COC(=O)C=C. The highest BCUT2D eigenvalue weighted by atomic mass is 16.6. The molecule has 0 aromatic heterocycles. The van der Waals surface area contributed by atoms with Crippen molar-refractivity contribution in [3.8, 4) is 0 Å². The first-order chi connectivity index (χ1) is 10.5. The van der Waals surface area contributed by atoms with Crippen LogP contribution in [0.25, 0.3) is 0 Å². The molecule has 0 aliphatic heterocycles. The van der Waals surface area contributed by atoms with E-state index in [-0.39, 0.29) is 12.8 Å². The van der Waals surface area contributed by atoms with E-state index in [9.17, 15) is 19.2 Å². The lowest BCUT2D eigenvalue weighted by Crippen LogP contribution is -2.06. The summed E-state index contributed by atoms with van der Waals surface area (Å²) in [7, 11) is 0. The maximum Gasteiger partial charge on any atom is 0.335 e. The number of esters is 4. The molecule has 0 unspecified atom stereocenters. The van der Waals surface area contributed by atoms with E-state index in [1.54, 1.807) is 0 Å². The van der Waals surface area contributed by atoms with Crippen LogP contribution in [0.5, 0.6) is 0 Å². The molecule has 118 valence electrons. The lowest BCUT2D eigenvalue weighted by atomic mass is 10.3. The van der Waals surface area contributed by atoms with Crippen LogP contribution in [-0.4, -0.2) is 23.9 Å². The third-order valence-electron chi connectivity index (χ3n) is 1.75. The van der Waals surface area contributed by atoms with Crippen LogP contribution in [0.4, 0.5) is 0 Å². The molecule has 0 saturated heterocycles. The highest BCUT2D eigenvalue weighted by Crippen LogP contribution is 1.97. The van der Waals surface area contributed by atoms with E-state index >= 15 is 0 Å². The summed E-state index contributed by atoms with van der Waals surface area (Å²) in [5.41, 5.74) is 0. The molecule has 0 bridgehead atoms. The second-order valence-corrected chi connectivity index (χ2v) is 3.31. The van der Waals surface area contributed by atoms with Crippen molar-refractivity contribution in [1.82, 2.24) is 0 Å². The van der Waals surface area contributed by atoms with Gasteiger partial charge in [0.1, 0.15) is 25.0 Å². The Balaban J connectivity index is 3.83. The van der Waals surface area contributed by atoms with Gasteiger partial charge in [0.05, 0.1) is 12.8 Å². The summed E-state index contributed by atoms with van der Waals surface area (Å²) in [6.07, 6.45) is 4.78. The zero-order valence-corrected chi connectivity index (χ0v) is 11.6. The lowest BCUT2D eigenvalue weighted by molar-refractivity contribution is -0.145. The molecule has 0 atom stereocenters. The molecule has 0 radical (unpaired) electrons. The second-order valence-electron chi connectivity index (χ2n) is 3.31. The average Bonchev–Trinajstić information content (AvgIpc) is 2.52. The van der Waals surface area contributed by atoms with E-state index in [1.807, 2.05) is 0 Å². The monoisotopic (exact) mass is 310 g/mol. The fourth-order valence-corrected chi connectivity index (χ4v) is 0.815. The van der Waals surface area contributed by atoms with Gasteiger partial charge in [0.25, 0.3) is 0 Å². The minimum absolute atomic E-state index is 0.251. The molecule has 8 nitrogen and oxygen atoms in total. The highest BCUT2D eigenvalue weighted by molar-refractivity contribution is 5.82. The van der Waals surface area contributed by atoms with Crippen LogP contribution in [0.1, 0.15) is 12.8 Å². The average molecular weight is 310 g/mol. The Hall–Kier alpha value is -3.16. The standard InChI is InChI=1S/C14H14O8/c1-3-11(15)19-7-9-21-13(17)5-6-14(18)22-10-8-20-12(16)4-2/h3-4,7-10H,1-2,5-6H2. The topological polar surface area (TPSA) is 105 Å². The van der Waals surface area contributed by atoms with Crippen LogP contribution >= 0.6 is 0 Å². The summed E-state index contributed by atoms with van der Waals surface area (Å²) < 4.78 is 17.8. The molecule has 22 heavy (non-hydrogen) atoms. The van der Waals surface area contributed by atoms with Crippen molar-refractivity contribution < 1.29 is 38.1 Å². The maximum atomic E-state index is 11.2. The fourth-order valence-electron chi connectivity index (χ4n) is 0.815. The van der Waals surface area contributed by atoms with Gasteiger partial charge < -0.3 is 18.9 Å². The predicted molar refractivity (Wildman–Crippen MR) is 72.3 cm³/mol. The summed E-state index contributed by atoms with van der Waals surface area (Å²) in [5.74, 6) is -2.88. The second kappa shape index (κ2) is 11.6. The molecule has 0 aliphatic carbocycles. The predicted octanol–water partition coefficient (Wildman–Crippen LogP) is 1.25. The molecule has 0 N–H and O–H groups in total. The summed E-state index contributed by atoms with van der Waals surface area (Å²) >= 11 is 0. The molecule has 0 aromatic rings. The highest BCUT2D eigenvalue weighted by Gasteiger charge is 2.07. The summed E-state index contributed by atoms with van der Waals surface area (Å²) in [6.45, 7) is 6.33. The van der Waals surface area contributed by atoms with Crippen LogP contribution in [0.2, 0.25) is 0 Å². The summed E-state index contributed by atoms with van der Waals surface area (Å²) in [6, 6.07) is 0. The van der Waals surface area contributed by atoms with Gasteiger partial charge >= 0.3 is 23.9 Å². The largest absolute Gasteiger partial charge is 0.431 e. The minimum atomic E-state index is -0.732. The van der Waals surface area contributed by atoms with Gasteiger partial charge in [-0.2, -0.15) is 0 Å². The Labute approximate surface area is 126 Å². The van der Waals surface area contributed by atoms with Crippen molar-refractivity contribution >= 4 is 23.9 Å². The van der Waals surface area contributed by atoms with Crippen molar-refractivity contribution in [3.63, 3.8) is 0 Å². The summed E-state index contributed by atoms with van der Waals surface area (Å²) in [4.78, 5) is 43.6. The molecule has 0 spiro atoms. The zero-order valence-electron chi connectivity index (χ0n) is 11.6. The molecule has 0 rings (SSSR count). The Bertz CT molecular complexity index is 455. The maximum absolute atomic E-state index is 11.2. The number of carbonyl (C=O) groups excluding carboxylic acids is 4. The van der Waals surface area contributed by atoms with Crippen molar-refractivity contribution in [2.45, 2.75) is 12.8 Å². The van der Waals surface area contributed by atoms with Gasteiger partial charge in [-0.15, -0.1) is 0 Å².